The Hall–Kier alpha value is -5.23. The van der Waals surface area contributed by atoms with Gasteiger partial charge in [-0.3, -0.25) is 19.1 Å². The smallest absolute Gasteiger partial charge is 0.299 e. The van der Waals surface area contributed by atoms with E-state index in [0.717, 1.165) is 15.6 Å². The van der Waals surface area contributed by atoms with Crippen molar-refractivity contribution in [1.82, 2.24) is 15.0 Å². The third kappa shape index (κ3) is 7.29. The van der Waals surface area contributed by atoms with Crippen LogP contribution in [0.1, 0.15) is 27.2 Å². The molecule has 1 amide bonds. The lowest BCUT2D eigenvalue weighted by molar-refractivity contribution is -0.114. The van der Waals surface area contributed by atoms with Crippen LogP contribution in [0.2, 0.25) is 0 Å². The van der Waals surface area contributed by atoms with E-state index in [2.05, 4.69) is 26.2 Å². The number of methoxy groups -OCH3 is 3. The summed E-state index contributed by atoms with van der Waals surface area (Å²) in [5.74, 6) is 0.895. The fourth-order valence-corrected chi connectivity index (χ4v) is 5.00. The number of hydrogen-bond acceptors (Lipinski definition) is 9. The molecule has 4 aromatic rings. The Morgan fingerprint density at radius 1 is 0.822 bits per heavy atom. The third-order valence-electron chi connectivity index (χ3n) is 6.92. The Bertz CT molecular complexity index is 1810. The summed E-state index contributed by atoms with van der Waals surface area (Å²) in [6, 6.07) is 15.9. The maximum Gasteiger partial charge on any atom is 0.299 e. The number of ether oxygens (including phenoxy) is 4. The van der Waals surface area contributed by atoms with Gasteiger partial charge in [0.25, 0.3) is 11.7 Å². The van der Waals surface area contributed by atoms with Crippen LogP contribution in [0.25, 0.3) is 12.2 Å². The molecule has 0 spiro atoms. The molecule has 12 heteroatoms. The lowest BCUT2D eigenvalue weighted by Crippen LogP contribution is -2.32. The molecule has 230 valence electrons. The molecule has 0 fully saturated rings. The van der Waals surface area contributed by atoms with Gasteiger partial charge in [0.1, 0.15) is 12.3 Å². The van der Waals surface area contributed by atoms with Crippen LogP contribution in [-0.2, 0) is 22.7 Å². The Kier molecular flexibility index (Phi) is 9.73. The predicted octanol–water partition coefficient (Wildman–Crippen LogP) is 5.17. The monoisotopic (exact) mass is 672 g/mol. The standard InChI is InChI=1S/C33H29BrN4O7/c1-42-28-12-6-21(16-30(28)43-2)4-9-25(39)10-5-22-7-13-29(31(17-22)44-3)45-20-24-19-37(36-35-24)14-15-38-27-11-8-23(34)18-26(27)32(40)33(38)41/h4-13,16-19H,14-15,20H2,1-3H3/b9-4+,10-5+. The van der Waals surface area contributed by atoms with Crippen LogP contribution in [0.4, 0.5) is 5.69 Å². The Morgan fingerprint density at radius 3 is 2.13 bits per heavy atom. The molecule has 5 rings (SSSR count). The minimum atomic E-state index is -0.562. The molecule has 0 unspecified atom stereocenters. The first kappa shape index (κ1) is 31.2. The molecule has 0 aliphatic carbocycles. The second-order valence-electron chi connectivity index (χ2n) is 9.80. The number of carbonyl (C=O) groups is 3. The van der Waals surface area contributed by atoms with Gasteiger partial charge < -0.3 is 23.8 Å². The maximum absolute atomic E-state index is 12.5. The highest BCUT2D eigenvalue weighted by Crippen LogP contribution is 2.32. The van der Waals surface area contributed by atoms with E-state index in [1.807, 2.05) is 6.07 Å². The second-order valence-corrected chi connectivity index (χ2v) is 10.7. The Labute approximate surface area is 267 Å². The molecule has 1 aliphatic heterocycles. The fourth-order valence-electron chi connectivity index (χ4n) is 4.64. The van der Waals surface area contributed by atoms with Gasteiger partial charge in [-0.1, -0.05) is 45.4 Å². The molecule has 45 heavy (non-hydrogen) atoms. The van der Waals surface area contributed by atoms with Gasteiger partial charge in [0.15, 0.2) is 28.8 Å². The maximum atomic E-state index is 12.5. The van der Waals surface area contributed by atoms with Crippen molar-refractivity contribution in [2.45, 2.75) is 13.2 Å². The minimum Gasteiger partial charge on any atom is -0.493 e. The van der Waals surface area contributed by atoms with Crippen LogP contribution in [0, 0.1) is 0 Å². The van der Waals surface area contributed by atoms with Crippen molar-refractivity contribution in [3.63, 3.8) is 0 Å². The van der Waals surface area contributed by atoms with Gasteiger partial charge in [-0.05, 0) is 65.7 Å². The van der Waals surface area contributed by atoms with Crippen molar-refractivity contribution in [1.29, 1.82) is 0 Å². The number of anilines is 1. The van der Waals surface area contributed by atoms with Crippen molar-refractivity contribution in [2.75, 3.05) is 32.8 Å². The first-order chi connectivity index (χ1) is 21.8. The van der Waals surface area contributed by atoms with Crippen molar-refractivity contribution < 1.29 is 33.3 Å². The number of allylic oxidation sites excluding steroid dienone is 2. The molecule has 0 atom stereocenters. The molecule has 0 saturated carbocycles. The van der Waals surface area contributed by atoms with E-state index in [1.165, 1.54) is 24.2 Å². The van der Waals surface area contributed by atoms with Gasteiger partial charge in [0.05, 0.1) is 45.3 Å². The van der Waals surface area contributed by atoms with E-state index in [9.17, 15) is 14.4 Å². The quantitative estimate of drug-likeness (QED) is 0.140. The van der Waals surface area contributed by atoms with Gasteiger partial charge in [0.2, 0.25) is 0 Å². The number of amides is 1. The van der Waals surface area contributed by atoms with Crippen LogP contribution >= 0.6 is 15.9 Å². The molecule has 1 aliphatic rings. The lowest BCUT2D eigenvalue weighted by atomic mass is 10.1. The molecule has 3 aromatic carbocycles. The highest BCUT2D eigenvalue weighted by Gasteiger charge is 2.35. The molecule has 11 nitrogen and oxygen atoms in total. The fraction of sp³-hybridized carbons (Fsp3) is 0.182. The van der Waals surface area contributed by atoms with Crippen molar-refractivity contribution in [3.8, 4) is 23.0 Å². The normalized spacial score (nSPS) is 12.7. The van der Waals surface area contributed by atoms with Crippen LogP contribution in [-0.4, -0.2) is 60.3 Å². The number of carbonyl (C=O) groups excluding carboxylic acids is 3. The van der Waals surface area contributed by atoms with Crippen LogP contribution in [0.15, 0.2) is 77.4 Å². The predicted molar refractivity (Wildman–Crippen MR) is 171 cm³/mol. The number of halogens is 1. The summed E-state index contributed by atoms with van der Waals surface area (Å²) >= 11 is 3.34. The number of Topliss-reactive ketones (excluding diaryl/α,β-unsaturated/α-hetero) is 1. The summed E-state index contributed by atoms with van der Waals surface area (Å²) in [4.78, 5) is 38.7. The first-order valence-corrected chi connectivity index (χ1v) is 14.6. The van der Waals surface area contributed by atoms with Gasteiger partial charge in [-0.25, -0.2) is 0 Å². The van der Waals surface area contributed by atoms with Gasteiger partial charge in [0, 0.05) is 11.0 Å². The molecule has 1 aromatic heterocycles. The van der Waals surface area contributed by atoms with Crippen molar-refractivity contribution >= 4 is 51.2 Å². The average Bonchev–Trinajstić information content (AvgIpc) is 3.61. The van der Waals surface area contributed by atoms with Gasteiger partial charge in [-0.2, -0.15) is 0 Å². The van der Waals surface area contributed by atoms with Gasteiger partial charge >= 0.3 is 0 Å². The highest BCUT2D eigenvalue weighted by atomic mass is 79.9. The zero-order chi connectivity index (χ0) is 31.9. The van der Waals surface area contributed by atoms with E-state index in [0.29, 0.717) is 46.5 Å². The number of nitrogens with zero attached hydrogens (tertiary/aromatic N) is 4. The number of ketones is 2. The third-order valence-corrected chi connectivity index (χ3v) is 7.42. The molecular formula is C33H29BrN4O7. The summed E-state index contributed by atoms with van der Waals surface area (Å²) in [5, 5.41) is 8.27. The average molecular weight is 674 g/mol. The largest absolute Gasteiger partial charge is 0.493 e. The summed E-state index contributed by atoms with van der Waals surface area (Å²) in [6.45, 7) is 0.733. The van der Waals surface area contributed by atoms with Crippen LogP contribution < -0.4 is 23.8 Å². The first-order valence-electron chi connectivity index (χ1n) is 13.8. The molecular weight excluding hydrogens is 644 g/mol. The lowest BCUT2D eigenvalue weighted by Gasteiger charge is -2.16. The summed E-state index contributed by atoms with van der Waals surface area (Å²) in [6.07, 6.45) is 8.05. The van der Waals surface area contributed by atoms with Crippen molar-refractivity contribution in [3.05, 3.63) is 99.8 Å². The number of hydrogen-bond donors (Lipinski definition) is 0. The summed E-state index contributed by atoms with van der Waals surface area (Å²) < 4.78 is 24.3. The Balaban J connectivity index is 1.15. The molecule has 0 bridgehead atoms. The molecule has 2 heterocycles. The summed E-state index contributed by atoms with van der Waals surface area (Å²) in [7, 11) is 4.65. The summed E-state index contributed by atoms with van der Waals surface area (Å²) in [5.41, 5.74) is 3.09. The van der Waals surface area contributed by atoms with E-state index in [-0.39, 0.29) is 18.9 Å². The van der Waals surface area contributed by atoms with Crippen LogP contribution in [0.5, 0.6) is 23.0 Å². The van der Waals surface area contributed by atoms with Crippen molar-refractivity contribution in [2.24, 2.45) is 0 Å². The highest BCUT2D eigenvalue weighted by molar-refractivity contribution is 9.10. The SMILES string of the molecule is COc1ccc(/C=C/C(=O)/C=C/c2ccc(OCc3cn(CCN4C(=O)C(=O)c5cc(Br)ccc54)nn3)c(OC)c2)cc1OC. The molecule has 0 N–H and O–H groups in total. The number of benzene rings is 3. The zero-order valence-corrected chi connectivity index (χ0v) is 26.3. The van der Waals surface area contributed by atoms with E-state index in [4.69, 9.17) is 18.9 Å². The topological polar surface area (TPSA) is 122 Å². The zero-order valence-electron chi connectivity index (χ0n) is 24.7. The second kappa shape index (κ2) is 14.0. The Morgan fingerprint density at radius 2 is 1.47 bits per heavy atom. The number of rotatable bonds is 13. The van der Waals surface area contributed by atoms with E-state index in [1.54, 1.807) is 85.8 Å². The van der Waals surface area contributed by atoms with E-state index >= 15 is 0 Å². The number of aromatic nitrogens is 3. The minimum absolute atomic E-state index is 0.128. The number of fused-ring (bicyclic) bond motifs is 1. The molecule has 0 radical (unpaired) electrons. The van der Waals surface area contributed by atoms with Crippen LogP contribution in [0.3, 0.4) is 0 Å². The van der Waals surface area contributed by atoms with Gasteiger partial charge in [-0.15, -0.1) is 5.10 Å². The molecule has 0 saturated heterocycles. The van der Waals surface area contributed by atoms with E-state index < -0.39 is 11.7 Å².